The Labute approximate surface area is 128 Å². The van der Waals surface area contributed by atoms with Crippen molar-refractivity contribution in [3.8, 4) is 5.75 Å². The maximum absolute atomic E-state index is 10.6. The molecule has 0 amide bonds. The van der Waals surface area contributed by atoms with E-state index < -0.39 is 12.0 Å². The number of thioether (sulfide) groups is 1. The van der Waals surface area contributed by atoms with E-state index in [1.165, 1.54) is 5.39 Å². The van der Waals surface area contributed by atoms with Crippen LogP contribution in [0.4, 0.5) is 0 Å². The van der Waals surface area contributed by atoms with Crippen molar-refractivity contribution in [1.82, 2.24) is 0 Å². The third-order valence-corrected chi connectivity index (χ3v) is 4.09. The van der Waals surface area contributed by atoms with Gasteiger partial charge in [0.25, 0.3) is 0 Å². The highest BCUT2D eigenvalue weighted by molar-refractivity contribution is 7.99. The first-order chi connectivity index (χ1) is 10.2. The molecule has 0 spiro atoms. The summed E-state index contributed by atoms with van der Waals surface area (Å²) in [4.78, 5) is 10.6. The summed E-state index contributed by atoms with van der Waals surface area (Å²) in [6.07, 6.45) is 0.482. The number of carboxylic acid groups (broad SMARTS) is 1. The minimum absolute atomic E-state index is 0.482. The number of hydrogen-bond acceptors (Lipinski definition) is 4. The van der Waals surface area contributed by atoms with E-state index in [0.717, 1.165) is 22.6 Å². The summed E-state index contributed by atoms with van der Waals surface area (Å²) in [5.74, 6) is 1.47. The average molecular weight is 305 g/mol. The molecular weight excluding hydrogens is 286 g/mol. The van der Waals surface area contributed by atoms with Gasteiger partial charge in [0, 0.05) is 5.75 Å². The third-order valence-electron chi connectivity index (χ3n) is 3.11. The molecule has 0 saturated carbocycles. The van der Waals surface area contributed by atoms with Crippen molar-refractivity contribution < 1.29 is 14.6 Å². The fraction of sp³-hybridized carbons (Fsp3) is 0.312. The van der Waals surface area contributed by atoms with Crippen molar-refractivity contribution in [3.05, 3.63) is 42.5 Å². The second kappa shape index (κ2) is 7.90. The molecule has 1 unspecified atom stereocenters. The molecule has 1 atom stereocenters. The molecule has 5 heteroatoms. The van der Waals surface area contributed by atoms with Gasteiger partial charge in [0.05, 0.1) is 6.61 Å². The van der Waals surface area contributed by atoms with Crippen LogP contribution < -0.4 is 10.5 Å². The third kappa shape index (κ3) is 4.95. The van der Waals surface area contributed by atoms with Crippen molar-refractivity contribution in [2.24, 2.45) is 5.73 Å². The van der Waals surface area contributed by atoms with Gasteiger partial charge in [-0.1, -0.05) is 30.3 Å². The number of rotatable bonds is 8. The molecule has 21 heavy (non-hydrogen) atoms. The maximum atomic E-state index is 10.6. The largest absolute Gasteiger partial charge is 0.493 e. The molecule has 112 valence electrons. The lowest BCUT2D eigenvalue weighted by molar-refractivity contribution is -0.138. The first-order valence-corrected chi connectivity index (χ1v) is 8.00. The van der Waals surface area contributed by atoms with E-state index in [9.17, 15) is 4.79 Å². The fourth-order valence-electron chi connectivity index (χ4n) is 1.91. The zero-order valence-electron chi connectivity index (χ0n) is 11.7. The van der Waals surface area contributed by atoms with E-state index in [-0.39, 0.29) is 0 Å². The van der Waals surface area contributed by atoms with Gasteiger partial charge in [-0.3, -0.25) is 4.79 Å². The molecular formula is C16H19NO3S. The molecule has 0 aromatic heterocycles. The van der Waals surface area contributed by atoms with Gasteiger partial charge in [-0.05, 0) is 35.1 Å². The van der Waals surface area contributed by atoms with Crippen molar-refractivity contribution in [2.45, 2.75) is 12.5 Å². The number of carbonyl (C=O) groups is 1. The SMILES string of the molecule is NC(CCSCCOc1ccc2ccccc2c1)C(=O)O. The summed E-state index contributed by atoms with van der Waals surface area (Å²) < 4.78 is 5.70. The number of carboxylic acids is 1. The van der Waals surface area contributed by atoms with Gasteiger partial charge in [-0.15, -0.1) is 0 Å². The van der Waals surface area contributed by atoms with Crippen LogP contribution in [0.15, 0.2) is 42.5 Å². The molecule has 0 aliphatic carbocycles. The Kier molecular flexibility index (Phi) is 5.90. The highest BCUT2D eigenvalue weighted by Crippen LogP contribution is 2.20. The topological polar surface area (TPSA) is 72.5 Å². The van der Waals surface area contributed by atoms with E-state index in [1.807, 2.05) is 30.3 Å². The first kappa shape index (κ1) is 15.7. The van der Waals surface area contributed by atoms with Gasteiger partial charge in [-0.25, -0.2) is 0 Å². The van der Waals surface area contributed by atoms with Crippen LogP contribution in [0, 0.1) is 0 Å². The summed E-state index contributed by atoms with van der Waals surface area (Å²) in [6, 6.07) is 13.4. The Bertz CT molecular complexity index is 603. The van der Waals surface area contributed by atoms with Crippen LogP contribution in [0.25, 0.3) is 10.8 Å². The van der Waals surface area contributed by atoms with Crippen LogP contribution in [0.1, 0.15) is 6.42 Å². The lowest BCUT2D eigenvalue weighted by atomic mass is 10.1. The van der Waals surface area contributed by atoms with E-state index in [4.69, 9.17) is 15.6 Å². The zero-order chi connectivity index (χ0) is 15.1. The summed E-state index contributed by atoms with van der Waals surface area (Å²) >= 11 is 1.65. The number of benzene rings is 2. The lowest BCUT2D eigenvalue weighted by Gasteiger charge is -2.08. The molecule has 0 bridgehead atoms. The summed E-state index contributed by atoms with van der Waals surface area (Å²) in [5, 5.41) is 11.0. The van der Waals surface area contributed by atoms with Crippen LogP contribution >= 0.6 is 11.8 Å². The second-order valence-electron chi connectivity index (χ2n) is 4.70. The Morgan fingerprint density at radius 2 is 1.95 bits per heavy atom. The van der Waals surface area contributed by atoms with E-state index in [0.29, 0.717) is 13.0 Å². The normalized spacial score (nSPS) is 12.2. The maximum Gasteiger partial charge on any atom is 0.320 e. The number of aliphatic carboxylic acids is 1. The standard InChI is InChI=1S/C16H19NO3S/c17-15(16(18)19)7-9-21-10-8-20-14-6-5-12-3-1-2-4-13(12)11-14/h1-6,11,15H,7-10,17H2,(H,18,19). The van der Waals surface area contributed by atoms with Gasteiger partial charge in [-0.2, -0.15) is 11.8 Å². The quantitative estimate of drug-likeness (QED) is 0.734. The van der Waals surface area contributed by atoms with E-state index >= 15 is 0 Å². The van der Waals surface area contributed by atoms with Gasteiger partial charge < -0.3 is 15.6 Å². The van der Waals surface area contributed by atoms with Gasteiger partial charge >= 0.3 is 5.97 Å². The molecule has 0 aliphatic rings. The minimum atomic E-state index is -0.942. The average Bonchev–Trinajstić information content (AvgIpc) is 2.50. The monoisotopic (exact) mass is 305 g/mol. The van der Waals surface area contributed by atoms with Crippen molar-refractivity contribution >= 4 is 28.5 Å². The Balaban J connectivity index is 1.69. The number of fused-ring (bicyclic) bond motifs is 1. The molecule has 2 rings (SSSR count). The van der Waals surface area contributed by atoms with Crippen LogP contribution in [-0.2, 0) is 4.79 Å². The Morgan fingerprint density at radius 1 is 1.19 bits per heavy atom. The van der Waals surface area contributed by atoms with Gasteiger partial charge in [0.2, 0.25) is 0 Å². The highest BCUT2D eigenvalue weighted by Gasteiger charge is 2.10. The van der Waals surface area contributed by atoms with Crippen LogP contribution in [0.3, 0.4) is 0 Å². The fourth-order valence-corrected chi connectivity index (χ4v) is 2.74. The Morgan fingerprint density at radius 3 is 2.71 bits per heavy atom. The molecule has 0 aliphatic heterocycles. The molecule has 2 aromatic carbocycles. The molecule has 0 saturated heterocycles. The molecule has 4 nitrogen and oxygen atoms in total. The van der Waals surface area contributed by atoms with Crippen molar-refractivity contribution in [1.29, 1.82) is 0 Å². The second-order valence-corrected chi connectivity index (χ2v) is 5.93. The molecule has 0 heterocycles. The van der Waals surface area contributed by atoms with Crippen molar-refractivity contribution in [2.75, 3.05) is 18.1 Å². The van der Waals surface area contributed by atoms with Gasteiger partial charge in [0.1, 0.15) is 11.8 Å². The summed E-state index contributed by atoms with van der Waals surface area (Å²) in [5.41, 5.74) is 5.43. The predicted octanol–water partition coefficient (Wildman–Crippen LogP) is 2.75. The van der Waals surface area contributed by atoms with E-state index in [2.05, 4.69) is 12.1 Å². The number of hydrogen-bond donors (Lipinski definition) is 2. The number of ether oxygens (including phenoxy) is 1. The minimum Gasteiger partial charge on any atom is -0.493 e. The zero-order valence-corrected chi connectivity index (χ0v) is 12.5. The van der Waals surface area contributed by atoms with Crippen LogP contribution in [0.5, 0.6) is 5.75 Å². The summed E-state index contributed by atoms with van der Waals surface area (Å²) in [7, 11) is 0. The molecule has 0 radical (unpaired) electrons. The predicted molar refractivity (Wildman–Crippen MR) is 87.0 cm³/mol. The van der Waals surface area contributed by atoms with Crippen molar-refractivity contribution in [3.63, 3.8) is 0 Å². The smallest absolute Gasteiger partial charge is 0.320 e. The molecule has 3 N–H and O–H groups in total. The summed E-state index contributed by atoms with van der Waals surface area (Å²) in [6.45, 7) is 0.602. The number of nitrogens with two attached hydrogens (primary N) is 1. The van der Waals surface area contributed by atoms with Crippen LogP contribution in [0.2, 0.25) is 0 Å². The molecule has 0 fully saturated rings. The highest BCUT2D eigenvalue weighted by atomic mass is 32.2. The van der Waals surface area contributed by atoms with Gasteiger partial charge in [0.15, 0.2) is 0 Å². The molecule has 2 aromatic rings. The van der Waals surface area contributed by atoms with Crippen LogP contribution in [-0.4, -0.2) is 35.2 Å². The van der Waals surface area contributed by atoms with E-state index in [1.54, 1.807) is 11.8 Å². The first-order valence-electron chi connectivity index (χ1n) is 6.84. The lowest BCUT2D eigenvalue weighted by Crippen LogP contribution is -2.30. The Hall–Kier alpha value is -1.72.